The zero-order valence-corrected chi connectivity index (χ0v) is 21.2. The number of benzene rings is 4. The van der Waals surface area contributed by atoms with Crippen LogP contribution in [0.5, 0.6) is 0 Å². The van der Waals surface area contributed by atoms with Gasteiger partial charge in [-0.25, -0.2) is 0 Å². The van der Waals surface area contributed by atoms with Crippen LogP contribution in [0.4, 0.5) is 0 Å². The average Bonchev–Trinajstić information content (AvgIpc) is 3.44. The summed E-state index contributed by atoms with van der Waals surface area (Å²) >= 11 is 0. The van der Waals surface area contributed by atoms with Gasteiger partial charge in [0, 0.05) is 70.2 Å². The van der Waals surface area contributed by atoms with Crippen molar-refractivity contribution in [1.82, 2.24) is 19.1 Å². The van der Waals surface area contributed by atoms with Crippen LogP contribution in [0.15, 0.2) is 109 Å². The molecule has 4 heterocycles. The monoisotopic (exact) mass is 488 g/mol. The molecule has 0 unspecified atom stereocenters. The van der Waals surface area contributed by atoms with E-state index in [0.29, 0.717) is 0 Å². The van der Waals surface area contributed by atoms with Crippen LogP contribution in [0.2, 0.25) is 0 Å². The zero-order chi connectivity index (χ0) is 25.4. The smallest absolute Gasteiger partial charge is 0.0742 e. The van der Waals surface area contributed by atoms with Crippen molar-refractivity contribution in [2.24, 2.45) is 14.1 Å². The number of fused-ring (bicyclic) bond motifs is 10. The van der Waals surface area contributed by atoms with E-state index in [1.807, 2.05) is 36.7 Å². The molecule has 8 aromatic rings. The number of aromatic nitrogens is 4. The van der Waals surface area contributed by atoms with Crippen LogP contribution in [-0.2, 0) is 14.1 Å². The number of hydrogen-bond acceptors (Lipinski definition) is 2. The molecule has 0 fully saturated rings. The molecule has 8 rings (SSSR count). The Labute approximate surface area is 219 Å². The van der Waals surface area contributed by atoms with E-state index in [-0.39, 0.29) is 0 Å². The molecule has 0 bridgehead atoms. The molecule has 0 aliphatic carbocycles. The van der Waals surface area contributed by atoms with Crippen molar-refractivity contribution in [3.8, 4) is 22.5 Å². The lowest BCUT2D eigenvalue weighted by atomic mass is 9.97. The Morgan fingerprint density at radius 1 is 0.474 bits per heavy atom. The maximum atomic E-state index is 4.60. The van der Waals surface area contributed by atoms with Gasteiger partial charge in [0.2, 0.25) is 0 Å². The van der Waals surface area contributed by atoms with Crippen LogP contribution < -0.4 is 0 Å². The van der Waals surface area contributed by atoms with Gasteiger partial charge in [-0.1, -0.05) is 60.7 Å². The van der Waals surface area contributed by atoms with Gasteiger partial charge in [0.15, 0.2) is 0 Å². The van der Waals surface area contributed by atoms with Crippen molar-refractivity contribution in [2.45, 2.75) is 0 Å². The molecule has 0 atom stereocenters. The maximum absolute atomic E-state index is 4.60. The van der Waals surface area contributed by atoms with Crippen LogP contribution in [0.1, 0.15) is 0 Å². The molecule has 0 aliphatic rings. The highest BCUT2D eigenvalue weighted by molar-refractivity contribution is 6.35. The molecule has 0 amide bonds. The molecule has 38 heavy (non-hydrogen) atoms. The molecule has 4 nitrogen and oxygen atoms in total. The summed E-state index contributed by atoms with van der Waals surface area (Å²) in [6, 6.07) is 34.5. The van der Waals surface area contributed by atoms with Crippen molar-refractivity contribution < 1.29 is 0 Å². The van der Waals surface area contributed by atoms with Crippen LogP contribution in [0, 0.1) is 0 Å². The first-order chi connectivity index (χ1) is 18.7. The zero-order valence-electron chi connectivity index (χ0n) is 21.2. The Balaban J connectivity index is 1.54. The number of aryl methyl sites for hydroxylation is 2. The Hall–Kier alpha value is -4.96. The summed E-state index contributed by atoms with van der Waals surface area (Å²) in [5.41, 5.74) is 9.15. The molecule has 0 saturated carbocycles. The summed E-state index contributed by atoms with van der Waals surface area (Å²) in [4.78, 5) is 9.19. The van der Waals surface area contributed by atoms with Crippen LogP contribution in [-0.4, -0.2) is 19.1 Å². The van der Waals surface area contributed by atoms with Gasteiger partial charge in [0.05, 0.1) is 22.4 Å². The first-order valence-corrected chi connectivity index (χ1v) is 12.9. The fraction of sp³-hybridized carbons (Fsp3) is 0.0588. The van der Waals surface area contributed by atoms with Gasteiger partial charge in [0.25, 0.3) is 0 Å². The van der Waals surface area contributed by atoms with Gasteiger partial charge >= 0.3 is 0 Å². The third kappa shape index (κ3) is 2.80. The number of pyridine rings is 2. The third-order valence-electron chi connectivity index (χ3n) is 8.01. The predicted octanol–water partition coefficient (Wildman–Crippen LogP) is 8.25. The summed E-state index contributed by atoms with van der Waals surface area (Å²) in [6.07, 6.45) is 3.71. The lowest BCUT2D eigenvalue weighted by molar-refractivity contribution is 0.987. The molecular formula is C34H24N4. The highest BCUT2D eigenvalue weighted by Gasteiger charge is 2.21. The van der Waals surface area contributed by atoms with Gasteiger partial charge in [-0.05, 0) is 47.2 Å². The molecule has 4 aromatic carbocycles. The second-order valence-corrected chi connectivity index (χ2v) is 10.0. The molecular weight excluding hydrogens is 464 g/mol. The molecule has 0 N–H and O–H groups in total. The van der Waals surface area contributed by atoms with Gasteiger partial charge in [0.1, 0.15) is 0 Å². The van der Waals surface area contributed by atoms with Gasteiger partial charge in [-0.15, -0.1) is 0 Å². The lowest BCUT2D eigenvalue weighted by Gasteiger charge is -2.08. The maximum Gasteiger partial charge on any atom is 0.0742 e. The van der Waals surface area contributed by atoms with Crippen molar-refractivity contribution >= 4 is 54.4 Å². The summed E-state index contributed by atoms with van der Waals surface area (Å²) in [7, 11) is 4.39. The Kier molecular flexibility index (Phi) is 4.32. The molecule has 0 aliphatic heterocycles. The fourth-order valence-corrected chi connectivity index (χ4v) is 6.28. The normalized spacial score (nSPS) is 11.9. The molecule has 0 radical (unpaired) electrons. The van der Waals surface area contributed by atoms with Crippen molar-refractivity contribution in [3.63, 3.8) is 0 Å². The van der Waals surface area contributed by atoms with E-state index in [2.05, 4.69) is 106 Å². The van der Waals surface area contributed by atoms with Crippen molar-refractivity contribution in [2.75, 3.05) is 0 Å². The van der Waals surface area contributed by atoms with Crippen LogP contribution in [0.3, 0.4) is 0 Å². The van der Waals surface area contributed by atoms with Gasteiger partial charge < -0.3 is 9.13 Å². The second-order valence-electron chi connectivity index (χ2n) is 10.0. The Morgan fingerprint density at radius 3 is 1.34 bits per heavy atom. The minimum Gasteiger partial charge on any atom is -0.342 e. The number of hydrogen-bond donors (Lipinski definition) is 0. The van der Waals surface area contributed by atoms with E-state index >= 15 is 0 Å². The third-order valence-corrected chi connectivity index (χ3v) is 8.01. The SMILES string of the molecule is Cn1c2cc(-c3ccccn3)ccc2c2c3ccccc3c3c4ccc(-c5ccccn5)cc4n(C)c3c21. The van der Waals surface area contributed by atoms with E-state index in [0.717, 1.165) is 22.5 Å². The highest BCUT2D eigenvalue weighted by Crippen LogP contribution is 2.44. The van der Waals surface area contributed by atoms with E-state index in [4.69, 9.17) is 0 Å². The summed E-state index contributed by atoms with van der Waals surface area (Å²) in [5.74, 6) is 0. The summed E-state index contributed by atoms with van der Waals surface area (Å²) < 4.78 is 4.73. The minimum absolute atomic E-state index is 0.987. The summed E-state index contributed by atoms with van der Waals surface area (Å²) in [6.45, 7) is 0. The van der Waals surface area contributed by atoms with Crippen molar-refractivity contribution in [1.29, 1.82) is 0 Å². The largest absolute Gasteiger partial charge is 0.342 e. The van der Waals surface area contributed by atoms with E-state index in [9.17, 15) is 0 Å². The highest BCUT2D eigenvalue weighted by atomic mass is 15.0. The first kappa shape index (κ1) is 21.2. The lowest BCUT2D eigenvalue weighted by Crippen LogP contribution is -1.94. The van der Waals surface area contributed by atoms with E-state index in [1.165, 1.54) is 54.4 Å². The van der Waals surface area contributed by atoms with Gasteiger partial charge in [-0.3, -0.25) is 9.97 Å². The number of nitrogens with zero attached hydrogens (tertiary/aromatic N) is 4. The molecule has 0 saturated heterocycles. The molecule has 180 valence electrons. The number of rotatable bonds is 2. The quantitative estimate of drug-likeness (QED) is 0.246. The molecule has 4 heteroatoms. The summed E-state index contributed by atoms with van der Waals surface area (Å²) in [5, 5.41) is 7.70. The van der Waals surface area contributed by atoms with Crippen molar-refractivity contribution in [3.05, 3.63) is 109 Å². The second kappa shape index (κ2) is 7.77. The topological polar surface area (TPSA) is 35.6 Å². The average molecular weight is 489 g/mol. The fourth-order valence-electron chi connectivity index (χ4n) is 6.28. The van der Waals surface area contributed by atoms with Crippen LogP contribution in [0.25, 0.3) is 76.9 Å². The Bertz CT molecular complexity index is 2030. The van der Waals surface area contributed by atoms with E-state index in [1.54, 1.807) is 0 Å². The molecule has 4 aromatic heterocycles. The Morgan fingerprint density at radius 2 is 0.921 bits per heavy atom. The predicted molar refractivity (Wildman–Crippen MR) is 158 cm³/mol. The van der Waals surface area contributed by atoms with Crippen LogP contribution >= 0.6 is 0 Å². The first-order valence-electron chi connectivity index (χ1n) is 12.9. The molecule has 0 spiro atoms. The standard InChI is InChI=1S/C34H24N4/c1-37-29-19-21(27-11-5-7-17-35-27)13-15-25(29)31-23-9-3-4-10-24(23)32-26-16-14-22(28-12-6-8-18-36-28)20-30(26)38(2)34(32)33(31)37/h3-20H,1-2H3. The van der Waals surface area contributed by atoms with Gasteiger partial charge in [-0.2, -0.15) is 0 Å². The minimum atomic E-state index is 0.987. The van der Waals surface area contributed by atoms with E-state index < -0.39 is 0 Å².